The van der Waals surface area contributed by atoms with Gasteiger partial charge in [0.05, 0.1) is 6.10 Å². The van der Waals surface area contributed by atoms with Crippen LogP contribution in [0, 0.1) is 11.3 Å². The zero-order valence-electron chi connectivity index (χ0n) is 17.6. The van der Waals surface area contributed by atoms with Crippen molar-refractivity contribution in [3.8, 4) is 5.75 Å². The Morgan fingerprint density at radius 2 is 1.76 bits per heavy atom. The zero-order valence-corrected chi connectivity index (χ0v) is 17.6. The summed E-state index contributed by atoms with van der Waals surface area (Å²) in [6, 6.07) is 12.3. The maximum atomic E-state index is 10.6. The number of nitrogens with one attached hydrogen (secondary N) is 1. The van der Waals surface area contributed by atoms with Crippen LogP contribution >= 0.6 is 0 Å². The van der Waals surface area contributed by atoms with Gasteiger partial charge >= 0.3 is 5.97 Å². The Bertz CT molecular complexity index is 834. The molecule has 0 amide bonds. The van der Waals surface area contributed by atoms with Crippen LogP contribution in [0.4, 0.5) is 0 Å². The third kappa shape index (κ3) is 5.94. The molecule has 1 aliphatic rings. The van der Waals surface area contributed by atoms with E-state index in [0.717, 1.165) is 40.8 Å². The first-order chi connectivity index (χ1) is 13.7. The van der Waals surface area contributed by atoms with Crippen molar-refractivity contribution in [2.45, 2.75) is 65.2 Å². The number of aliphatic carboxylic acids is 1. The topological polar surface area (TPSA) is 78.8 Å². The van der Waals surface area contributed by atoms with E-state index in [4.69, 9.17) is 9.84 Å². The highest BCUT2D eigenvalue weighted by molar-refractivity contribution is 5.84. The normalized spacial score (nSPS) is 21.1. The molecular formula is C24H33NO4. The van der Waals surface area contributed by atoms with E-state index >= 15 is 0 Å². The smallest absolute Gasteiger partial charge is 0.333 e. The van der Waals surface area contributed by atoms with Crippen LogP contribution in [-0.2, 0) is 11.3 Å². The largest absolute Gasteiger partial charge is 0.490 e. The van der Waals surface area contributed by atoms with E-state index in [1.54, 1.807) is 0 Å². The highest BCUT2D eigenvalue weighted by atomic mass is 16.5. The maximum Gasteiger partial charge on any atom is 0.333 e. The van der Waals surface area contributed by atoms with Crippen LogP contribution in [0.5, 0.6) is 5.75 Å². The van der Waals surface area contributed by atoms with Gasteiger partial charge in [0.15, 0.2) is 6.10 Å². The fraction of sp³-hybridized carbons (Fsp3) is 0.542. The van der Waals surface area contributed by atoms with E-state index in [-0.39, 0.29) is 6.54 Å². The number of hydrogen-bond donors (Lipinski definition) is 3. The Morgan fingerprint density at radius 1 is 1.10 bits per heavy atom. The molecular weight excluding hydrogens is 366 g/mol. The summed E-state index contributed by atoms with van der Waals surface area (Å²) < 4.78 is 6.27. The minimum Gasteiger partial charge on any atom is -0.490 e. The number of hydrogen-bond acceptors (Lipinski definition) is 4. The molecule has 158 valence electrons. The molecule has 3 rings (SSSR count). The monoisotopic (exact) mass is 399 g/mol. The van der Waals surface area contributed by atoms with Crippen LogP contribution in [0.3, 0.4) is 0 Å². The number of carboxylic acid groups (broad SMARTS) is 1. The molecule has 2 aromatic carbocycles. The Kier molecular flexibility index (Phi) is 6.81. The summed E-state index contributed by atoms with van der Waals surface area (Å²) in [6.07, 6.45) is 3.62. The highest BCUT2D eigenvalue weighted by Gasteiger charge is 2.30. The van der Waals surface area contributed by atoms with Gasteiger partial charge in [0.1, 0.15) is 5.75 Å². The highest BCUT2D eigenvalue weighted by Crippen LogP contribution is 2.39. The fourth-order valence-electron chi connectivity index (χ4n) is 4.14. The van der Waals surface area contributed by atoms with Crippen molar-refractivity contribution in [3.05, 3.63) is 42.0 Å². The van der Waals surface area contributed by atoms with Crippen LogP contribution in [0.1, 0.15) is 52.0 Å². The molecule has 0 heterocycles. The fourth-order valence-corrected chi connectivity index (χ4v) is 4.14. The van der Waals surface area contributed by atoms with E-state index in [1.807, 2.05) is 12.1 Å². The summed E-state index contributed by atoms with van der Waals surface area (Å²) in [5, 5.41) is 23.2. The van der Waals surface area contributed by atoms with Gasteiger partial charge in [-0.3, -0.25) is 0 Å². The van der Waals surface area contributed by atoms with E-state index in [9.17, 15) is 9.90 Å². The number of fused-ring (bicyclic) bond motifs is 1. The van der Waals surface area contributed by atoms with Crippen LogP contribution in [-0.4, -0.2) is 34.9 Å². The van der Waals surface area contributed by atoms with Crippen molar-refractivity contribution in [2.24, 2.45) is 11.3 Å². The lowest BCUT2D eigenvalue weighted by Crippen LogP contribution is -2.32. The lowest BCUT2D eigenvalue weighted by molar-refractivity contribution is -0.146. The predicted molar refractivity (Wildman–Crippen MR) is 115 cm³/mol. The lowest BCUT2D eigenvalue weighted by atomic mass is 9.72. The molecule has 5 nitrogen and oxygen atoms in total. The second-order valence-electron chi connectivity index (χ2n) is 9.29. The van der Waals surface area contributed by atoms with Crippen molar-refractivity contribution >= 4 is 16.7 Å². The van der Waals surface area contributed by atoms with Crippen LogP contribution < -0.4 is 10.1 Å². The molecule has 0 spiro atoms. The van der Waals surface area contributed by atoms with Gasteiger partial charge in [-0.05, 0) is 71.6 Å². The molecule has 2 aromatic rings. The molecule has 1 saturated carbocycles. The molecule has 0 bridgehead atoms. The first-order valence-corrected chi connectivity index (χ1v) is 10.5. The van der Waals surface area contributed by atoms with E-state index in [1.165, 1.54) is 12.8 Å². The second-order valence-corrected chi connectivity index (χ2v) is 9.29. The van der Waals surface area contributed by atoms with Gasteiger partial charge in [0.25, 0.3) is 0 Å². The second kappa shape index (κ2) is 9.14. The molecule has 1 fully saturated rings. The summed E-state index contributed by atoms with van der Waals surface area (Å²) in [6.45, 7) is 7.54. The molecule has 0 saturated heterocycles. The Morgan fingerprint density at radius 3 is 2.41 bits per heavy atom. The number of benzene rings is 2. The van der Waals surface area contributed by atoms with Crippen LogP contribution in [0.25, 0.3) is 10.8 Å². The molecule has 1 unspecified atom stereocenters. The number of aliphatic hydroxyl groups excluding tert-OH is 1. The SMILES string of the molecule is CC(C)(C)C1CCC(Oc2ccc3cc(CNCC(O)C(=O)O)ccc3c2)CC1. The summed E-state index contributed by atoms with van der Waals surface area (Å²) in [4.78, 5) is 10.6. The average molecular weight is 400 g/mol. The van der Waals surface area contributed by atoms with Crippen molar-refractivity contribution in [1.82, 2.24) is 5.32 Å². The van der Waals surface area contributed by atoms with E-state index in [2.05, 4.69) is 50.4 Å². The minimum atomic E-state index is -1.38. The minimum absolute atomic E-state index is 0.0254. The Balaban J connectivity index is 1.56. The summed E-state index contributed by atoms with van der Waals surface area (Å²) in [5.74, 6) is 0.491. The molecule has 29 heavy (non-hydrogen) atoms. The zero-order chi connectivity index (χ0) is 21.0. The van der Waals surface area contributed by atoms with Crippen molar-refractivity contribution in [3.63, 3.8) is 0 Å². The molecule has 5 heteroatoms. The average Bonchev–Trinajstić information content (AvgIpc) is 2.67. The van der Waals surface area contributed by atoms with Gasteiger partial charge in [-0.15, -0.1) is 0 Å². The first-order valence-electron chi connectivity index (χ1n) is 10.5. The number of aliphatic hydroxyl groups is 1. The van der Waals surface area contributed by atoms with E-state index < -0.39 is 12.1 Å². The molecule has 1 atom stereocenters. The van der Waals surface area contributed by atoms with Gasteiger partial charge < -0.3 is 20.3 Å². The van der Waals surface area contributed by atoms with Gasteiger partial charge in [-0.1, -0.05) is 39.0 Å². The molecule has 3 N–H and O–H groups in total. The van der Waals surface area contributed by atoms with Gasteiger partial charge in [-0.25, -0.2) is 4.79 Å². The van der Waals surface area contributed by atoms with Gasteiger partial charge in [0, 0.05) is 13.1 Å². The quantitative estimate of drug-likeness (QED) is 0.645. The summed E-state index contributed by atoms with van der Waals surface area (Å²) >= 11 is 0. The van der Waals surface area contributed by atoms with Crippen LogP contribution in [0.15, 0.2) is 36.4 Å². The standard InChI is InChI=1S/C24H33NO4/c1-24(2,3)19-7-10-20(11-8-19)29-21-9-6-17-12-16(4-5-18(17)13-21)14-25-15-22(26)23(27)28/h4-6,9,12-13,19-20,22,25-26H,7-8,10-11,14-15H2,1-3H3,(H,27,28). The van der Waals surface area contributed by atoms with E-state index in [0.29, 0.717) is 18.1 Å². The maximum absolute atomic E-state index is 10.6. The molecule has 1 aliphatic carbocycles. The number of ether oxygens (including phenoxy) is 1. The lowest BCUT2D eigenvalue weighted by Gasteiger charge is -2.37. The Hall–Kier alpha value is -2.11. The Labute approximate surface area is 173 Å². The first kappa shape index (κ1) is 21.6. The third-order valence-corrected chi connectivity index (χ3v) is 6.03. The third-order valence-electron chi connectivity index (χ3n) is 6.03. The van der Waals surface area contributed by atoms with Crippen molar-refractivity contribution in [1.29, 1.82) is 0 Å². The molecule has 0 aromatic heterocycles. The molecule has 0 radical (unpaired) electrons. The van der Waals surface area contributed by atoms with Crippen molar-refractivity contribution < 1.29 is 19.7 Å². The summed E-state index contributed by atoms with van der Waals surface area (Å²) in [5.41, 5.74) is 1.43. The van der Waals surface area contributed by atoms with Crippen LogP contribution in [0.2, 0.25) is 0 Å². The predicted octanol–water partition coefficient (Wildman–Crippen LogP) is 4.36. The molecule has 0 aliphatic heterocycles. The summed E-state index contributed by atoms with van der Waals surface area (Å²) in [7, 11) is 0. The van der Waals surface area contributed by atoms with Gasteiger partial charge in [0.2, 0.25) is 0 Å². The number of rotatable bonds is 7. The number of carboxylic acids is 1. The van der Waals surface area contributed by atoms with Crippen molar-refractivity contribution in [2.75, 3.05) is 6.54 Å². The number of carbonyl (C=O) groups is 1. The van der Waals surface area contributed by atoms with Gasteiger partial charge in [-0.2, -0.15) is 0 Å².